The Morgan fingerprint density at radius 3 is 2.94 bits per heavy atom. The Balaban J connectivity index is 2.32. The third-order valence-corrected chi connectivity index (χ3v) is 3.09. The van der Waals surface area contributed by atoms with Gasteiger partial charge in [-0.15, -0.1) is 0 Å². The Kier molecular flexibility index (Phi) is 3.65. The molecule has 2 atom stereocenters. The maximum atomic E-state index is 12.0. The number of hydrogen-bond acceptors (Lipinski definition) is 4. The molecule has 0 amide bonds. The zero-order chi connectivity index (χ0) is 13.1. The van der Waals surface area contributed by atoms with Crippen LogP contribution in [0.3, 0.4) is 0 Å². The van der Waals surface area contributed by atoms with E-state index in [1.165, 1.54) is 6.08 Å². The summed E-state index contributed by atoms with van der Waals surface area (Å²) in [5, 5.41) is 0. The molecule has 1 aliphatic carbocycles. The van der Waals surface area contributed by atoms with Crippen molar-refractivity contribution in [3.8, 4) is 0 Å². The van der Waals surface area contributed by atoms with Crippen molar-refractivity contribution in [2.24, 2.45) is 5.92 Å². The number of furan rings is 1. The van der Waals surface area contributed by atoms with Crippen LogP contribution in [0.15, 0.2) is 34.5 Å². The van der Waals surface area contributed by atoms with Crippen LogP contribution in [0.25, 0.3) is 0 Å². The molecular weight excluding hydrogens is 232 g/mol. The minimum absolute atomic E-state index is 0.196. The molecule has 4 heteroatoms. The van der Waals surface area contributed by atoms with Crippen molar-refractivity contribution < 1.29 is 18.7 Å². The highest BCUT2D eigenvalue weighted by Crippen LogP contribution is 2.36. The van der Waals surface area contributed by atoms with Crippen LogP contribution < -0.4 is 0 Å². The van der Waals surface area contributed by atoms with E-state index >= 15 is 0 Å². The molecule has 1 heterocycles. The van der Waals surface area contributed by atoms with Crippen molar-refractivity contribution >= 4 is 11.8 Å². The van der Waals surface area contributed by atoms with Gasteiger partial charge in [0.2, 0.25) is 0 Å². The maximum Gasteiger partial charge on any atom is 0.317 e. The first-order chi connectivity index (χ1) is 8.63. The van der Waals surface area contributed by atoms with E-state index in [0.717, 1.165) is 5.57 Å². The van der Waals surface area contributed by atoms with Crippen molar-refractivity contribution in [1.82, 2.24) is 0 Å². The normalized spacial score (nSPS) is 23.7. The molecule has 1 aromatic rings. The van der Waals surface area contributed by atoms with Gasteiger partial charge in [0.05, 0.1) is 12.9 Å². The largest absolute Gasteiger partial charge is 0.469 e. The minimum atomic E-state index is -0.778. The van der Waals surface area contributed by atoms with Crippen LogP contribution in [0.4, 0.5) is 0 Å². The molecule has 1 aromatic heterocycles. The van der Waals surface area contributed by atoms with Crippen LogP contribution in [0.2, 0.25) is 0 Å². The van der Waals surface area contributed by atoms with E-state index in [4.69, 9.17) is 9.15 Å². The van der Waals surface area contributed by atoms with E-state index in [-0.39, 0.29) is 18.3 Å². The Labute approximate surface area is 106 Å². The number of hydrogen-bond donors (Lipinski definition) is 0. The number of carbonyl (C=O) groups is 2. The molecule has 0 saturated heterocycles. The molecular formula is C14H16O4. The maximum absolute atomic E-state index is 12.0. The van der Waals surface area contributed by atoms with Crippen LogP contribution in [-0.4, -0.2) is 18.4 Å². The summed E-state index contributed by atoms with van der Waals surface area (Å²) in [6, 6.07) is 3.55. The molecule has 96 valence electrons. The fourth-order valence-electron chi connectivity index (χ4n) is 2.33. The summed E-state index contributed by atoms with van der Waals surface area (Å²) in [6.07, 6.45) is 3.72. The zero-order valence-corrected chi connectivity index (χ0v) is 10.5. The summed E-state index contributed by atoms with van der Waals surface area (Å²) in [4.78, 5) is 23.9. The Morgan fingerprint density at radius 1 is 1.56 bits per heavy atom. The SMILES string of the molecule is CCOC(=O)[C@H]1C(=O)C=C(C)C[C@@H]1c1ccco1. The molecule has 0 spiro atoms. The van der Waals surface area contributed by atoms with E-state index in [9.17, 15) is 9.59 Å². The standard InChI is InChI=1S/C14H16O4/c1-3-17-14(16)13-10(12-5-4-6-18-12)7-9(2)8-11(13)15/h4-6,8,10,13H,3,7H2,1-2H3/t10-,13-/m1/s1. The molecule has 18 heavy (non-hydrogen) atoms. The molecule has 0 unspecified atom stereocenters. The van der Waals surface area contributed by atoms with Crippen LogP contribution in [0.1, 0.15) is 31.9 Å². The fraction of sp³-hybridized carbons (Fsp3) is 0.429. The first-order valence-corrected chi connectivity index (χ1v) is 6.04. The molecule has 0 aliphatic heterocycles. The van der Waals surface area contributed by atoms with E-state index in [0.29, 0.717) is 12.2 Å². The summed E-state index contributed by atoms with van der Waals surface area (Å²) in [5.74, 6) is -1.03. The summed E-state index contributed by atoms with van der Waals surface area (Å²) in [7, 11) is 0. The van der Waals surface area contributed by atoms with E-state index in [1.807, 2.05) is 6.92 Å². The third-order valence-electron chi connectivity index (χ3n) is 3.09. The average Bonchev–Trinajstić information content (AvgIpc) is 2.81. The number of ether oxygens (including phenoxy) is 1. The van der Waals surface area contributed by atoms with Gasteiger partial charge in [-0.05, 0) is 38.5 Å². The van der Waals surface area contributed by atoms with Gasteiger partial charge in [0.1, 0.15) is 11.7 Å². The Bertz CT molecular complexity index is 470. The second-order valence-corrected chi connectivity index (χ2v) is 4.45. The quantitative estimate of drug-likeness (QED) is 0.609. The van der Waals surface area contributed by atoms with Crippen molar-refractivity contribution in [2.75, 3.05) is 6.61 Å². The van der Waals surface area contributed by atoms with Gasteiger partial charge in [-0.3, -0.25) is 9.59 Å². The van der Waals surface area contributed by atoms with Gasteiger partial charge >= 0.3 is 5.97 Å². The third kappa shape index (κ3) is 2.37. The first-order valence-electron chi connectivity index (χ1n) is 6.04. The first kappa shape index (κ1) is 12.6. The van der Waals surface area contributed by atoms with Crippen molar-refractivity contribution in [3.05, 3.63) is 35.8 Å². The topological polar surface area (TPSA) is 56.5 Å². The molecule has 0 aromatic carbocycles. The number of esters is 1. The van der Waals surface area contributed by atoms with Crippen molar-refractivity contribution in [1.29, 1.82) is 0 Å². The Morgan fingerprint density at radius 2 is 2.33 bits per heavy atom. The van der Waals surface area contributed by atoms with Gasteiger partial charge in [-0.2, -0.15) is 0 Å². The molecule has 0 saturated carbocycles. The Hall–Kier alpha value is -1.84. The average molecular weight is 248 g/mol. The van der Waals surface area contributed by atoms with Gasteiger partial charge in [0.25, 0.3) is 0 Å². The summed E-state index contributed by atoms with van der Waals surface area (Å²) in [6.45, 7) is 3.89. The van der Waals surface area contributed by atoms with E-state index < -0.39 is 11.9 Å². The number of carbonyl (C=O) groups excluding carboxylic acids is 2. The molecule has 0 N–H and O–H groups in total. The lowest BCUT2D eigenvalue weighted by atomic mass is 9.78. The molecule has 0 radical (unpaired) electrons. The summed E-state index contributed by atoms with van der Waals surface area (Å²) >= 11 is 0. The van der Waals surface area contributed by atoms with Crippen LogP contribution in [-0.2, 0) is 14.3 Å². The second kappa shape index (κ2) is 5.21. The zero-order valence-electron chi connectivity index (χ0n) is 10.5. The predicted octanol–water partition coefficient (Wildman–Crippen LogP) is 2.46. The molecule has 1 aliphatic rings. The molecule has 0 fully saturated rings. The van der Waals surface area contributed by atoms with Gasteiger partial charge in [-0.25, -0.2) is 0 Å². The van der Waals surface area contributed by atoms with Gasteiger partial charge in [-0.1, -0.05) is 5.57 Å². The smallest absolute Gasteiger partial charge is 0.317 e. The monoisotopic (exact) mass is 248 g/mol. The highest BCUT2D eigenvalue weighted by molar-refractivity contribution is 6.06. The van der Waals surface area contributed by atoms with Crippen LogP contribution >= 0.6 is 0 Å². The molecule has 4 nitrogen and oxygen atoms in total. The number of ketones is 1. The highest BCUT2D eigenvalue weighted by Gasteiger charge is 2.40. The lowest BCUT2D eigenvalue weighted by Crippen LogP contribution is -2.33. The second-order valence-electron chi connectivity index (χ2n) is 4.45. The number of allylic oxidation sites excluding steroid dienone is 2. The lowest BCUT2D eigenvalue weighted by Gasteiger charge is -2.26. The van der Waals surface area contributed by atoms with Crippen molar-refractivity contribution in [2.45, 2.75) is 26.2 Å². The predicted molar refractivity (Wildman–Crippen MR) is 65.0 cm³/mol. The minimum Gasteiger partial charge on any atom is -0.469 e. The van der Waals surface area contributed by atoms with Gasteiger partial charge in [0.15, 0.2) is 5.78 Å². The van der Waals surface area contributed by atoms with Crippen LogP contribution in [0, 0.1) is 5.92 Å². The summed E-state index contributed by atoms with van der Waals surface area (Å²) < 4.78 is 10.3. The van der Waals surface area contributed by atoms with E-state index in [2.05, 4.69) is 0 Å². The van der Waals surface area contributed by atoms with Crippen molar-refractivity contribution in [3.63, 3.8) is 0 Å². The highest BCUT2D eigenvalue weighted by atomic mass is 16.5. The molecule has 0 bridgehead atoms. The summed E-state index contributed by atoms with van der Waals surface area (Å²) in [5.41, 5.74) is 0.960. The van der Waals surface area contributed by atoms with Gasteiger partial charge in [0, 0.05) is 5.92 Å². The van der Waals surface area contributed by atoms with Gasteiger partial charge < -0.3 is 9.15 Å². The lowest BCUT2D eigenvalue weighted by molar-refractivity contribution is -0.152. The van der Waals surface area contributed by atoms with E-state index in [1.54, 1.807) is 25.3 Å². The number of rotatable bonds is 3. The fourth-order valence-corrected chi connectivity index (χ4v) is 2.33. The van der Waals surface area contributed by atoms with Crippen LogP contribution in [0.5, 0.6) is 0 Å². The molecule has 2 rings (SSSR count).